The number of nitrogens with zero attached hydrogens (tertiary/aromatic N) is 1. The Morgan fingerprint density at radius 3 is 2.86 bits per heavy atom. The summed E-state index contributed by atoms with van der Waals surface area (Å²) < 4.78 is 7.40. The Bertz CT molecular complexity index is 782. The first-order valence-electron chi connectivity index (χ1n) is 6.69. The van der Waals surface area contributed by atoms with Crippen LogP contribution in [0, 0.1) is 0 Å². The van der Waals surface area contributed by atoms with E-state index in [9.17, 15) is 4.79 Å². The summed E-state index contributed by atoms with van der Waals surface area (Å²) in [6, 6.07) is 11.6. The lowest BCUT2D eigenvalue weighted by Crippen LogP contribution is -2.27. The van der Waals surface area contributed by atoms with E-state index in [0.717, 1.165) is 15.8 Å². The summed E-state index contributed by atoms with van der Waals surface area (Å²) in [5, 5.41) is 0. The monoisotopic (exact) mass is 393 g/mol. The summed E-state index contributed by atoms with van der Waals surface area (Å²) in [5.74, 6) is 1.35. The molecule has 0 bridgehead atoms. The summed E-state index contributed by atoms with van der Waals surface area (Å²) in [6.07, 6.45) is 1.75. The molecule has 1 aliphatic rings. The van der Waals surface area contributed by atoms with Crippen LogP contribution in [0.1, 0.15) is 12.7 Å². The quantitative estimate of drug-likeness (QED) is 0.546. The van der Waals surface area contributed by atoms with E-state index < -0.39 is 0 Å². The van der Waals surface area contributed by atoms with Crippen LogP contribution in [0.2, 0.25) is 0 Å². The van der Waals surface area contributed by atoms with Gasteiger partial charge in [-0.3, -0.25) is 9.69 Å². The van der Waals surface area contributed by atoms with E-state index in [4.69, 9.17) is 16.6 Å². The molecule has 2 heterocycles. The molecule has 0 spiro atoms. The second-order valence-electron chi connectivity index (χ2n) is 4.64. The fraction of sp³-hybridized carbons (Fsp3) is 0.125. The molecule has 1 fully saturated rings. The number of carbonyl (C=O) groups is 1. The molecule has 6 heteroatoms. The van der Waals surface area contributed by atoms with Gasteiger partial charge in [0.2, 0.25) is 0 Å². The molecule has 3 nitrogen and oxygen atoms in total. The predicted molar refractivity (Wildman–Crippen MR) is 97.4 cm³/mol. The van der Waals surface area contributed by atoms with E-state index in [1.54, 1.807) is 11.0 Å². The summed E-state index contributed by atoms with van der Waals surface area (Å²) >= 11 is 9.95. The Morgan fingerprint density at radius 2 is 2.18 bits per heavy atom. The second kappa shape index (κ2) is 6.40. The van der Waals surface area contributed by atoms with Crippen LogP contribution >= 0.6 is 39.9 Å². The van der Waals surface area contributed by atoms with Gasteiger partial charge in [-0.25, -0.2) is 0 Å². The number of benzene rings is 1. The number of carbonyl (C=O) groups excluding carboxylic acids is 1. The highest BCUT2D eigenvalue weighted by Crippen LogP contribution is 2.33. The molecule has 112 valence electrons. The van der Waals surface area contributed by atoms with Crippen molar-refractivity contribution in [1.29, 1.82) is 0 Å². The van der Waals surface area contributed by atoms with Crippen molar-refractivity contribution in [2.24, 2.45) is 0 Å². The van der Waals surface area contributed by atoms with Gasteiger partial charge in [-0.1, -0.05) is 52.0 Å². The minimum Gasteiger partial charge on any atom is -0.457 e. The second-order valence-corrected chi connectivity index (χ2v) is 7.23. The van der Waals surface area contributed by atoms with Crippen molar-refractivity contribution >= 4 is 56.2 Å². The van der Waals surface area contributed by atoms with Crippen molar-refractivity contribution in [2.75, 3.05) is 6.54 Å². The van der Waals surface area contributed by atoms with Gasteiger partial charge in [0.25, 0.3) is 5.91 Å². The maximum atomic E-state index is 12.2. The van der Waals surface area contributed by atoms with Gasteiger partial charge in [-0.05, 0) is 31.2 Å². The summed E-state index contributed by atoms with van der Waals surface area (Å²) in [6.45, 7) is 2.50. The normalized spacial score (nSPS) is 16.8. The zero-order valence-electron chi connectivity index (χ0n) is 11.7. The zero-order valence-corrected chi connectivity index (χ0v) is 14.9. The molecule has 2 aromatic rings. The van der Waals surface area contributed by atoms with E-state index in [-0.39, 0.29) is 5.91 Å². The number of thioether (sulfide) groups is 1. The smallest absolute Gasteiger partial charge is 0.266 e. The Labute approximate surface area is 146 Å². The largest absolute Gasteiger partial charge is 0.457 e. The van der Waals surface area contributed by atoms with Crippen LogP contribution in [-0.2, 0) is 4.79 Å². The standard InChI is InChI=1S/C16H12BrNO2S2/c1-2-18-15(19)14(22-16(18)21)9-12-6-7-13(20-12)10-4-3-5-11(17)8-10/h3-9H,2H2,1H3/b14-9-. The van der Waals surface area contributed by atoms with Gasteiger partial charge in [0.1, 0.15) is 15.8 Å². The molecule has 22 heavy (non-hydrogen) atoms. The number of likely N-dealkylation sites (N-methyl/N-ethyl adjacent to an activating group) is 1. The first kappa shape index (κ1) is 15.5. The number of amides is 1. The third kappa shape index (κ3) is 3.04. The van der Waals surface area contributed by atoms with Crippen LogP contribution in [-0.4, -0.2) is 21.7 Å². The van der Waals surface area contributed by atoms with Crippen molar-refractivity contribution in [2.45, 2.75) is 6.92 Å². The first-order valence-corrected chi connectivity index (χ1v) is 8.71. The molecular formula is C16H12BrNO2S2. The minimum atomic E-state index is -0.0575. The van der Waals surface area contributed by atoms with Gasteiger partial charge in [0.15, 0.2) is 0 Å². The Morgan fingerprint density at radius 1 is 1.36 bits per heavy atom. The number of hydrogen-bond donors (Lipinski definition) is 0. The summed E-state index contributed by atoms with van der Waals surface area (Å²) in [4.78, 5) is 14.4. The van der Waals surface area contributed by atoms with Crippen molar-refractivity contribution in [3.05, 3.63) is 51.5 Å². The molecule has 0 saturated carbocycles. The number of thiocarbonyl (C=S) groups is 1. The van der Waals surface area contributed by atoms with Crippen LogP contribution in [0.25, 0.3) is 17.4 Å². The van der Waals surface area contributed by atoms with Gasteiger partial charge in [0.05, 0.1) is 4.91 Å². The lowest BCUT2D eigenvalue weighted by molar-refractivity contribution is -0.121. The SMILES string of the molecule is CCN1C(=O)/C(=C/c2ccc(-c3cccc(Br)c3)o2)SC1=S. The predicted octanol–water partition coefficient (Wildman–Crippen LogP) is 4.93. The van der Waals surface area contributed by atoms with Gasteiger partial charge >= 0.3 is 0 Å². The van der Waals surface area contributed by atoms with Crippen molar-refractivity contribution in [3.8, 4) is 11.3 Å². The summed E-state index contributed by atoms with van der Waals surface area (Å²) in [7, 11) is 0. The molecule has 3 rings (SSSR count). The first-order chi connectivity index (χ1) is 10.6. The Balaban J connectivity index is 1.88. The van der Waals surface area contributed by atoms with E-state index in [1.165, 1.54) is 11.8 Å². The molecule has 1 aromatic carbocycles. The maximum absolute atomic E-state index is 12.2. The minimum absolute atomic E-state index is 0.0575. The van der Waals surface area contributed by atoms with E-state index in [0.29, 0.717) is 21.5 Å². The fourth-order valence-electron chi connectivity index (χ4n) is 2.13. The average molecular weight is 394 g/mol. The van der Waals surface area contributed by atoms with Crippen LogP contribution in [0.4, 0.5) is 0 Å². The molecule has 1 aliphatic heterocycles. The highest BCUT2D eigenvalue weighted by molar-refractivity contribution is 9.10. The third-order valence-corrected chi connectivity index (χ3v) is 5.07. The molecular weight excluding hydrogens is 382 g/mol. The molecule has 0 radical (unpaired) electrons. The van der Waals surface area contributed by atoms with Gasteiger partial charge < -0.3 is 4.42 Å². The lowest BCUT2D eigenvalue weighted by atomic mass is 10.2. The molecule has 1 saturated heterocycles. The van der Waals surface area contributed by atoms with Crippen LogP contribution in [0.15, 0.2) is 50.2 Å². The third-order valence-electron chi connectivity index (χ3n) is 3.20. The Hall–Kier alpha value is -1.37. The van der Waals surface area contributed by atoms with Crippen molar-refractivity contribution < 1.29 is 9.21 Å². The molecule has 1 aromatic heterocycles. The number of hydrogen-bond acceptors (Lipinski definition) is 4. The van der Waals surface area contributed by atoms with Crippen LogP contribution < -0.4 is 0 Å². The van der Waals surface area contributed by atoms with Gasteiger partial charge in [-0.2, -0.15) is 0 Å². The molecule has 0 N–H and O–H groups in total. The van der Waals surface area contributed by atoms with E-state index in [2.05, 4.69) is 15.9 Å². The van der Waals surface area contributed by atoms with E-state index in [1.807, 2.05) is 43.3 Å². The van der Waals surface area contributed by atoms with Crippen molar-refractivity contribution in [1.82, 2.24) is 4.90 Å². The molecule has 0 aliphatic carbocycles. The Kier molecular flexibility index (Phi) is 4.52. The molecule has 0 atom stereocenters. The number of halogens is 1. The topological polar surface area (TPSA) is 33.5 Å². The highest BCUT2D eigenvalue weighted by atomic mass is 79.9. The molecule has 1 amide bonds. The van der Waals surface area contributed by atoms with Crippen LogP contribution in [0.3, 0.4) is 0 Å². The zero-order chi connectivity index (χ0) is 15.7. The van der Waals surface area contributed by atoms with Gasteiger partial charge in [0, 0.05) is 22.7 Å². The highest BCUT2D eigenvalue weighted by Gasteiger charge is 2.30. The van der Waals surface area contributed by atoms with Crippen molar-refractivity contribution in [3.63, 3.8) is 0 Å². The fourth-order valence-corrected chi connectivity index (χ4v) is 3.89. The lowest BCUT2D eigenvalue weighted by Gasteiger charge is -2.09. The molecule has 0 unspecified atom stereocenters. The van der Waals surface area contributed by atoms with Crippen LogP contribution in [0.5, 0.6) is 0 Å². The average Bonchev–Trinajstić information content (AvgIpc) is 3.05. The van der Waals surface area contributed by atoms with Gasteiger partial charge in [-0.15, -0.1) is 0 Å². The van der Waals surface area contributed by atoms with E-state index >= 15 is 0 Å². The number of rotatable bonds is 3. The maximum Gasteiger partial charge on any atom is 0.266 e. The number of furan rings is 1. The summed E-state index contributed by atoms with van der Waals surface area (Å²) in [5.41, 5.74) is 0.982.